The summed E-state index contributed by atoms with van der Waals surface area (Å²) >= 11 is 0. The van der Waals surface area contributed by atoms with Gasteiger partial charge < -0.3 is 0 Å². The number of para-hydroxylation sites is 3. The average molecular weight is 975 g/mol. The van der Waals surface area contributed by atoms with Gasteiger partial charge in [0.15, 0.2) is 0 Å². The van der Waals surface area contributed by atoms with E-state index >= 15 is 0 Å². The van der Waals surface area contributed by atoms with Gasteiger partial charge in [-0.2, -0.15) is 0 Å². The summed E-state index contributed by atoms with van der Waals surface area (Å²) in [6.45, 7) is 0. The third-order valence-electron chi connectivity index (χ3n) is 15.5. The van der Waals surface area contributed by atoms with Crippen molar-refractivity contribution in [1.82, 2.24) is 9.55 Å². The Labute approximate surface area is 447 Å². The van der Waals surface area contributed by atoms with Crippen LogP contribution in [0.4, 0.5) is 0 Å². The van der Waals surface area contributed by atoms with Crippen LogP contribution in [0.1, 0.15) is 0 Å². The summed E-state index contributed by atoms with van der Waals surface area (Å²) in [4.78, 5) is 5.17. The number of benzene rings is 13. The van der Waals surface area contributed by atoms with Crippen LogP contribution in [0.3, 0.4) is 0 Å². The molecule has 0 spiro atoms. The van der Waals surface area contributed by atoms with Gasteiger partial charge in [0.25, 0.3) is 0 Å². The van der Waals surface area contributed by atoms with Gasteiger partial charge in [0.2, 0.25) is 0 Å². The molecule has 14 aromatic carbocycles. The molecule has 77 heavy (non-hydrogen) atoms. The van der Waals surface area contributed by atoms with Crippen molar-refractivity contribution in [1.29, 1.82) is 0 Å². The Bertz CT molecular complexity index is 4720. The van der Waals surface area contributed by atoms with Crippen LogP contribution in [0, 0.1) is 12.1 Å². The molecular weight excluding hydrogens is 929 g/mol. The molecule has 0 aliphatic rings. The van der Waals surface area contributed by atoms with Crippen LogP contribution in [0.5, 0.6) is 0 Å². The molecule has 0 fully saturated rings. The van der Waals surface area contributed by atoms with Gasteiger partial charge in [-0.05, 0) is 159 Å². The molecular formula is C75H46N2. The monoisotopic (exact) mass is 974 g/mol. The van der Waals surface area contributed by atoms with Crippen molar-refractivity contribution in [3.05, 3.63) is 291 Å². The number of hydrogen-bond donors (Lipinski definition) is 0. The highest BCUT2D eigenvalue weighted by Crippen LogP contribution is 2.49. The van der Waals surface area contributed by atoms with Crippen molar-refractivity contribution in [3.63, 3.8) is 0 Å². The SMILES string of the molecule is c1c(-c2c3ccccc3c(-c3ccc4c(-c5cccc(-c6ccccc6)c5)c5ccccc5c(-c5cccc(-c6ccccc6)c5)c4c3)c3ccccc23)cc2ccc(-c3nc4ccccc4n3-c3ccccc3)cc2c#1. The lowest BCUT2D eigenvalue weighted by atomic mass is 9.82. The fourth-order valence-corrected chi connectivity index (χ4v) is 12.1. The maximum absolute atomic E-state index is 5.17. The maximum atomic E-state index is 5.17. The number of hydrogen-bond acceptors (Lipinski definition) is 1. The third kappa shape index (κ3) is 7.48. The van der Waals surface area contributed by atoms with Crippen molar-refractivity contribution < 1.29 is 0 Å². The summed E-state index contributed by atoms with van der Waals surface area (Å²) in [6, 6.07) is 109. The number of nitrogens with zero attached hydrogens (tertiary/aromatic N) is 2. The highest BCUT2D eigenvalue weighted by molar-refractivity contribution is 6.25. The van der Waals surface area contributed by atoms with Gasteiger partial charge in [0, 0.05) is 27.8 Å². The van der Waals surface area contributed by atoms with Crippen molar-refractivity contribution in [2.24, 2.45) is 0 Å². The van der Waals surface area contributed by atoms with Gasteiger partial charge in [-0.15, -0.1) is 0 Å². The summed E-state index contributed by atoms with van der Waals surface area (Å²) in [5.41, 5.74) is 18.3. The molecule has 0 aliphatic carbocycles. The minimum absolute atomic E-state index is 0.896. The zero-order valence-corrected chi connectivity index (χ0v) is 42.0. The largest absolute Gasteiger partial charge is 0.292 e. The second-order valence-electron chi connectivity index (χ2n) is 20.0. The van der Waals surface area contributed by atoms with Crippen LogP contribution in [-0.4, -0.2) is 9.55 Å². The summed E-state index contributed by atoms with van der Waals surface area (Å²) in [5, 5.41) is 11.7. The third-order valence-corrected chi connectivity index (χ3v) is 15.5. The molecule has 2 nitrogen and oxygen atoms in total. The second-order valence-corrected chi connectivity index (χ2v) is 20.0. The first-order valence-electron chi connectivity index (χ1n) is 26.4. The quantitative estimate of drug-likeness (QED) is 0.139. The van der Waals surface area contributed by atoms with E-state index < -0.39 is 0 Å². The Balaban J connectivity index is 0.933. The predicted octanol–water partition coefficient (Wildman–Crippen LogP) is 20.1. The molecule has 356 valence electrons. The fraction of sp³-hybridized carbons (Fsp3) is 0. The molecule has 1 aromatic heterocycles. The molecule has 0 unspecified atom stereocenters. The molecule has 0 amide bonds. The fourth-order valence-electron chi connectivity index (χ4n) is 12.1. The average Bonchev–Trinajstić information content (AvgIpc) is 3.90. The van der Waals surface area contributed by atoms with E-state index in [1.54, 1.807) is 0 Å². The standard InChI is InChI=1S/C75H46N2/c1-4-20-49(21-5-1)51-24-18-26-55(44-51)71-65-34-14-15-35-66(65)74(56-27-19-25-52(45-56)50-22-6-2-7-23-50)68-48-58(42-43-67(68)71)73-63-32-12-10-30-61(63)72(62-31-11-13-33-64(62)73)57-40-38-54-47-59(41-39-53(54)46-57)75-76-69-36-16-17-37-70(69)77(75)60-28-8-3-9-29-60/h1-37,39,41-48H. The number of aromatic nitrogens is 2. The summed E-state index contributed by atoms with van der Waals surface area (Å²) < 4.78 is 2.25. The van der Waals surface area contributed by atoms with Crippen LogP contribution in [-0.2, 0) is 0 Å². The molecule has 0 saturated carbocycles. The van der Waals surface area contributed by atoms with Crippen LogP contribution in [0.15, 0.2) is 279 Å². The van der Waals surface area contributed by atoms with Crippen molar-refractivity contribution in [3.8, 4) is 83.8 Å². The first-order chi connectivity index (χ1) is 38.2. The van der Waals surface area contributed by atoms with Crippen molar-refractivity contribution >= 4 is 64.9 Å². The van der Waals surface area contributed by atoms with Crippen molar-refractivity contribution in [2.45, 2.75) is 0 Å². The molecule has 0 saturated heterocycles. The molecule has 0 radical (unpaired) electrons. The minimum atomic E-state index is 0.896. The summed E-state index contributed by atoms with van der Waals surface area (Å²) in [6.07, 6.45) is 0. The molecule has 15 aromatic rings. The predicted molar refractivity (Wildman–Crippen MR) is 324 cm³/mol. The van der Waals surface area contributed by atoms with Crippen molar-refractivity contribution in [2.75, 3.05) is 0 Å². The van der Waals surface area contributed by atoms with Gasteiger partial charge in [0.1, 0.15) is 5.82 Å². The summed E-state index contributed by atoms with van der Waals surface area (Å²) in [5.74, 6) is 0.896. The molecule has 1 heterocycles. The molecule has 0 atom stereocenters. The lowest BCUT2D eigenvalue weighted by Crippen LogP contribution is -1.97. The molecule has 0 N–H and O–H groups in total. The summed E-state index contributed by atoms with van der Waals surface area (Å²) in [7, 11) is 0. The van der Waals surface area contributed by atoms with Gasteiger partial charge in [-0.1, -0.05) is 237 Å². The van der Waals surface area contributed by atoms with E-state index in [2.05, 4.69) is 290 Å². The zero-order chi connectivity index (χ0) is 50.8. The Morgan fingerprint density at radius 3 is 1.30 bits per heavy atom. The van der Waals surface area contributed by atoms with E-state index in [-0.39, 0.29) is 0 Å². The first-order valence-corrected chi connectivity index (χ1v) is 26.4. The Morgan fingerprint density at radius 2 is 0.714 bits per heavy atom. The Hall–Kier alpha value is -10.3. The minimum Gasteiger partial charge on any atom is -0.292 e. The second kappa shape index (κ2) is 18.3. The first kappa shape index (κ1) is 44.2. The molecule has 15 rings (SSSR count). The van der Waals surface area contributed by atoms with Crippen LogP contribution < -0.4 is 0 Å². The Kier molecular flexibility index (Phi) is 10.5. The van der Waals surface area contributed by atoms with E-state index in [0.29, 0.717) is 0 Å². The Morgan fingerprint density at radius 1 is 0.273 bits per heavy atom. The molecule has 0 bridgehead atoms. The highest BCUT2D eigenvalue weighted by atomic mass is 15.1. The number of imidazole rings is 1. The van der Waals surface area contributed by atoms with Gasteiger partial charge in [-0.3, -0.25) is 4.57 Å². The zero-order valence-electron chi connectivity index (χ0n) is 42.0. The highest BCUT2D eigenvalue weighted by Gasteiger charge is 2.22. The van der Waals surface area contributed by atoms with Crippen LogP contribution in [0.25, 0.3) is 149 Å². The number of rotatable bonds is 8. The van der Waals surface area contributed by atoms with Gasteiger partial charge in [0.05, 0.1) is 11.0 Å². The van der Waals surface area contributed by atoms with Gasteiger partial charge >= 0.3 is 0 Å². The van der Waals surface area contributed by atoms with E-state index in [9.17, 15) is 0 Å². The maximum Gasteiger partial charge on any atom is 0.145 e. The lowest BCUT2D eigenvalue weighted by Gasteiger charge is -2.21. The van der Waals surface area contributed by atoms with E-state index in [1.807, 2.05) is 6.07 Å². The van der Waals surface area contributed by atoms with Gasteiger partial charge in [-0.25, -0.2) is 4.98 Å². The smallest absolute Gasteiger partial charge is 0.145 e. The van der Waals surface area contributed by atoms with E-state index in [0.717, 1.165) is 50.0 Å². The normalized spacial score (nSPS) is 11.5. The van der Waals surface area contributed by atoms with Crippen LogP contribution in [0.2, 0.25) is 0 Å². The van der Waals surface area contributed by atoms with E-state index in [4.69, 9.17) is 4.98 Å². The molecule has 2 heteroatoms. The van der Waals surface area contributed by atoms with E-state index in [1.165, 1.54) is 98.7 Å². The molecule has 0 aliphatic heterocycles. The number of fused-ring (bicyclic) bond motifs is 6. The lowest BCUT2D eigenvalue weighted by molar-refractivity contribution is 1.10. The topological polar surface area (TPSA) is 17.8 Å². The van der Waals surface area contributed by atoms with Crippen LogP contribution >= 0.6 is 0 Å².